The number of nitrogens with zero attached hydrogens (tertiary/aromatic N) is 1. The minimum atomic E-state index is -2.93. The molecule has 0 aromatic heterocycles. The van der Waals surface area contributed by atoms with E-state index in [1.54, 1.807) is 17.0 Å². The summed E-state index contributed by atoms with van der Waals surface area (Å²) in [5, 5.41) is 3.04. The van der Waals surface area contributed by atoms with Gasteiger partial charge in [-0.25, -0.2) is 0 Å². The molecule has 1 heterocycles. The fourth-order valence-corrected chi connectivity index (χ4v) is 4.71. The summed E-state index contributed by atoms with van der Waals surface area (Å²) in [6.07, 6.45) is 3.97. The lowest BCUT2D eigenvalue weighted by molar-refractivity contribution is -0.122. The van der Waals surface area contributed by atoms with Gasteiger partial charge in [0.1, 0.15) is 5.75 Å². The Morgan fingerprint density at radius 2 is 1.93 bits per heavy atom. The Bertz CT molecular complexity index is 786. The predicted octanol–water partition coefficient (Wildman–Crippen LogP) is 3.07. The van der Waals surface area contributed by atoms with Gasteiger partial charge >= 0.3 is 6.61 Å². The van der Waals surface area contributed by atoms with Gasteiger partial charge in [0.15, 0.2) is 0 Å². The predicted molar refractivity (Wildman–Crippen MR) is 105 cm³/mol. The van der Waals surface area contributed by atoms with Crippen LogP contribution in [0.5, 0.6) is 5.75 Å². The van der Waals surface area contributed by atoms with Crippen molar-refractivity contribution in [2.75, 3.05) is 19.7 Å². The van der Waals surface area contributed by atoms with Crippen molar-refractivity contribution in [2.45, 2.75) is 51.4 Å². The topological polar surface area (TPSA) is 67.9 Å². The highest BCUT2D eigenvalue weighted by atomic mass is 19.3. The maximum atomic E-state index is 13.0. The molecule has 0 spiro atoms. The van der Waals surface area contributed by atoms with Crippen LogP contribution in [-0.2, 0) is 9.53 Å². The average Bonchev–Trinajstić information content (AvgIpc) is 3.43. The number of nitrogens with one attached hydrogen (secondary N) is 1. The van der Waals surface area contributed by atoms with Gasteiger partial charge in [-0.3, -0.25) is 9.59 Å². The zero-order valence-corrected chi connectivity index (χ0v) is 17.1. The summed E-state index contributed by atoms with van der Waals surface area (Å²) in [5.41, 5.74) is 0.340. The SMILES string of the molecule is CC(=O)N[C@@H]1C[C@@H]2CN(C(=O)c3cccc(OC(F)F)c3)C[C@@H]2C[C@H]1OCC1CC1. The number of alkyl halides is 2. The largest absolute Gasteiger partial charge is 0.435 e. The lowest BCUT2D eigenvalue weighted by atomic mass is 9.77. The van der Waals surface area contributed by atoms with Gasteiger partial charge in [-0.05, 0) is 61.6 Å². The van der Waals surface area contributed by atoms with E-state index in [-0.39, 0.29) is 35.6 Å². The van der Waals surface area contributed by atoms with Crippen LogP contribution in [0.3, 0.4) is 0 Å². The number of fused-ring (bicyclic) bond motifs is 1. The maximum absolute atomic E-state index is 13.0. The number of carbonyl (C=O) groups is 2. The van der Waals surface area contributed by atoms with E-state index in [1.165, 1.54) is 31.9 Å². The summed E-state index contributed by atoms with van der Waals surface area (Å²) in [6, 6.07) is 5.89. The Labute approximate surface area is 174 Å². The molecular weight excluding hydrogens is 394 g/mol. The van der Waals surface area contributed by atoms with E-state index in [4.69, 9.17) is 4.74 Å². The highest BCUT2D eigenvalue weighted by Gasteiger charge is 2.44. The van der Waals surface area contributed by atoms with Crippen LogP contribution in [0.4, 0.5) is 8.78 Å². The summed E-state index contributed by atoms with van der Waals surface area (Å²) in [5.74, 6) is 0.962. The number of halogens is 2. The molecule has 2 amide bonds. The van der Waals surface area contributed by atoms with E-state index in [0.29, 0.717) is 30.5 Å². The summed E-state index contributed by atoms with van der Waals surface area (Å²) >= 11 is 0. The zero-order valence-electron chi connectivity index (χ0n) is 17.1. The number of carbonyl (C=O) groups excluding carboxylic acids is 2. The Balaban J connectivity index is 1.41. The molecule has 0 radical (unpaired) electrons. The van der Waals surface area contributed by atoms with E-state index < -0.39 is 6.61 Å². The van der Waals surface area contributed by atoms with Crippen LogP contribution in [0.2, 0.25) is 0 Å². The quantitative estimate of drug-likeness (QED) is 0.733. The maximum Gasteiger partial charge on any atom is 0.387 e. The van der Waals surface area contributed by atoms with Crippen LogP contribution in [0.25, 0.3) is 0 Å². The molecule has 1 aromatic carbocycles. The molecule has 0 bridgehead atoms. The molecule has 6 nitrogen and oxygen atoms in total. The van der Waals surface area contributed by atoms with Gasteiger partial charge in [0.2, 0.25) is 5.91 Å². The van der Waals surface area contributed by atoms with E-state index in [0.717, 1.165) is 19.4 Å². The third-order valence-corrected chi connectivity index (χ3v) is 6.34. The first-order valence-electron chi connectivity index (χ1n) is 10.6. The Morgan fingerprint density at radius 1 is 1.20 bits per heavy atom. The molecular formula is C22H28F2N2O4. The summed E-state index contributed by atoms with van der Waals surface area (Å²) in [6.45, 7) is 0.526. The molecule has 30 heavy (non-hydrogen) atoms. The van der Waals surface area contributed by atoms with Crippen LogP contribution in [0, 0.1) is 17.8 Å². The first-order chi connectivity index (χ1) is 14.4. The van der Waals surface area contributed by atoms with Crippen LogP contribution < -0.4 is 10.1 Å². The smallest absolute Gasteiger partial charge is 0.387 e. The second kappa shape index (κ2) is 8.88. The number of likely N-dealkylation sites (tertiary alicyclic amines) is 1. The van der Waals surface area contributed by atoms with Gasteiger partial charge in [0, 0.05) is 32.2 Å². The lowest BCUT2D eigenvalue weighted by Gasteiger charge is -2.38. The molecule has 1 saturated heterocycles. The number of rotatable bonds is 7. The molecule has 164 valence electrons. The van der Waals surface area contributed by atoms with Crippen molar-refractivity contribution in [3.8, 4) is 5.75 Å². The standard InChI is InChI=1S/C22H28F2N2O4/c1-13(27)25-19-8-16-10-26(11-17(16)9-20(19)29-12-14-5-6-14)21(28)15-3-2-4-18(7-15)30-22(23)24/h2-4,7,14,16-17,19-20,22H,5-6,8-12H2,1H3,(H,25,27)/t16-,17+,19-,20-/m1/s1. The highest BCUT2D eigenvalue weighted by molar-refractivity contribution is 5.94. The van der Waals surface area contributed by atoms with Gasteiger partial charge in [0.25, 0.3) is 5.91 Å². The van der Waals surface area contributed by atoms with Crippen molar-refractivity contribution < 1.29 is 27.8 Å². The van der Waals surface area contributed by atoms with E-state index in [2.05, 4.69) is 10.1 Å². The Kier molecular flexibility index (Phi) is 6.22. The highest BCUT2D eigenvalue weighted by Crippen LogP contribution is 2.39. The first kappa shape index (κ1) is 21.0. The minimum Gasteiger partial charge on any atom is -0.435 e. The molecule has 4 atom stereocenters. The normalized spacial score (nSPS) is 28.3. The van der Waals surface area contributed by atoms with Crippen molar-refractivity contribution in [3.63, 3.8) is 0 Å². The second-order valence-corrected chi connectivity index (χ2v) is 8.73. The van der Waals surface area contributed by atoms with Crippen LogP contribution in [-0.4, -0.2) is 55.2 Å². The first-order valence-corrected chi connectivity index (χ1v) is 10.6. The molecule has 1 aliphatic heterocycles. The van der Waals surface area contributed by atoms with Crippen molar-refractivity contribution >= 4 is 11.8 Å². The number of hydrogen-bond acceptors (Lipinski definition) is 4. The molecule has 1 N–H and O–H groups in total. The van der Waals surface area contributed by atoms with Gasteiger partial charge in [-0.15, -0.1) is 0 Å². The summed E-state index contributed by atoms with van der Waals surface area (Å²) < 4.78 is 35.5. The lowest BCUT2D eigenvalue weighted by Crippen LogP contribution is -2.50. The molecule has 8 heteroatoms. The molecule has 3 aliphatic rings. The van der Waals surface area contributed by atoms with Gasteiger partial charge in [0.05, 0.1) is 12.1 Å². The van der Waals surface area contributed by atoms with Gasteiger partial charge in [-0.1, -0.05) is 6.07 Å². The van der Waals surface area contributed by atoms with Gasteiger partial charge < -0.3 is 19.7 Å². The number of hydrogen-bond donors (Lipinski definition) is 1. The molecule has 2 aliphatic carbocycles. The van der Waals surface area contributed by atoms with Crippen LogP contribution in [0.15, 0.2) is 24.3 Å². The number of amides is 2. The molecule has 4 rings (SSSR count). The van der Waals surface area contributed by atoms with Crippen molar-refractivity contribution in [2.24, 2.45) is 17.8 Å². The Morgan fingerprint density at radius 3 is 2.60 bits per heavy atom. The molecule has 1 aromatic rings. The summed E-state index contributed by atoms with van der Waals surface area (Å²) in [7, 11) is 0. The average molecular weight is 422 g/mol. The summed E-state index contributed by atoms with van der Waals surface area (Å²) in [4.78, 5) is 26.4. The van der Waals surface area contributed by atoms with E-state index >= 15 is 0 Å². The van der Waals surface area contributed by atoms with E-state index in [1.807, 2.05) is 0 Å². The molecule has 3 fully saturated rings. The van der Waals surface area contributed by atoms with Crippen LogP contribution in [0.1, 0.15) is 43.0 Å². The third-order valence-electron chi connectivity index (χ3n) is 6.34. The Hall–Kier alpha value is -2.22. The zero-order chi connectivity index (χ0) is 21.3. The molecule has 0 unspecified atom stereocenters. The number of ether oxygens (including phenoxy) is 2. The number of benzene rings is 1. The van der Waals surface area contributed by atoms with Crippen molar-refractivity contribution in [3.05, 3.63) is 29.8 Å². The fraction of sp³-hybridized carbons (Fsp3) is 0.636. The van der Waals surface area contributed by atoms with Crippen molar-refractivity contribution in [1.82, 2.24) is 10.2 Å². The van der Waals surface area contributed by atoms with Crippen molar-refractivity contribution in [1.29, 1.82) is 0 Å². The third kappa shape index (κ3) is 5.09. The monoisotopic (exact) mass is 422 g/mol. The van der Waals surface area contributed by atoms with E-state index in [9.17, 15) is 18.4 Å². The van der Waals surface area contributed by atoms with Gasteiger partial charge in [-0.2, -0.15) is 8.78 Å². The molecule has 2 saturated carbocycles. The second-order valence-electron chi connectivity index (χ2n) is 8.73. The fourth-order valence-electron chi connectivity index (χ4n) is 4.71. The van der Waals surface area contributed by atoms with Crippen LogP contribution >= 0.6 is 0 Å². The minimum absolute atomic E-state index is 0.0216.